The highest BCUT2D eigenvalue weighted by Gasteiger charge is 2.34. The molecule has 2 aliphatic rings. The van der Waals surface area contributed by atoms with Crippen molar-refractivity contribution in [2.45, 2.75) is 76.4 Å². The van der Waals surface area contributed by atoms with E-state index in [-0.39, 0.29) is 5.54 Å². The van der Waals surface area contributed by atoms with Crippen molar-refractivity contribution in [2.24, 2.45) is 0 Å². The van der Waals surface area contributed by atoms with Crippen LogP contribution in [0.15, 0.2) is 0 Å². The van der Waals surface area contributed by atoms with Crippen LogP contribution in [-0.2, 0) is 0 Å². The smallest absolute Gasteiger partial charge is 0.106 e. The summed E-state index contributed by atoms with van der Waals surface area (Å²) in [6.07, 6.45) is 8.27. The highest BCUT2D eigenvalue weighted by atomic mass is 15.2. The lowest BCUT2D eigenvalue weighted by atomic mass is 9.91. The van der Waals surface area contributed by atoms with Crippen LogP contribution >= 0.6 is 0 Å². The van der Waals surface area contributed by atoms with E-state index in [4.69, 9.17) is 0 Å². The average Bonchev–Trinajstić information content (AvgIpc) is 3.11. The maximum Gasteiger partial charge on any atom is 0.106 e. The molecule has 0 radical (unpaired) electrons. The monoisotopic (exact) mass is 249 g/mol. The van der Waals surface area contributed by atoms with E-state index in [1.54, 1.807) is 0 Å². The normalized spacial score (nSPS) is 27.9. The lowest BCUT2D eigenvalue weighted by Crippen LogP contribution is -2.45. The second-order valence-electron chi connectivity index (χ2n) is 6.10. The van der Waals surface area contributed by atoms with Gasteiger partial charge in [0.2, 0.25) is 0 Å². The fourth-order valence-corrected chi connectivity index (χ4v) is 3.05. The predicted molar refractivity (Wildman–Crippen MR) is 74.3 cm³/mol. The number of hydrogen-bond donors (Lipinski definition) is 1. The Labute approximate surface area is 112 Å². The van der Waals surface area contributed by atoms with E-state index in [1.807, 2.05) is 0 Å². The summed E-state index contributed by atoms with van der Waals surface area (Å²) in [6.45, 7) is 6.88. The van der Waals surface area contributed by atoms with Gasteiger partial charge in [0.05, 0.1) is 6.07 Å². The molecule has 2 atom stereocenters. The Morgan fingerprint density at radius 3 is 2.67 bits per heavy atom. The van der Waals surface area contributed by atoms with Gasteiger partial charge in [-0.1, -0.05) is 6.92 Å². The first-order valence-corrected chi connectivity index (χ1v) is 7.62. The molecular formula is C15H27N3. The molecule has 1 aliphatic carbocycles. The zero-order valence-electron chi connectivity index (χ0n) is 11.9. The number of nitrogens with zero attached hydrogens (tertiary/aromatic N) is 2. The molecule has 0 spiro atoms. The summed E-state index contributed by atoms with van der Waals surface area (Å²) in [7, 11) is 0. The van der Waals surface area contributed by atoms with Crippen molar-refractivity contribution in [3.8, 4) is 6.07 Å². The summed E-state index contributed by atoms with van der Waals surface area (Å²) >= 11 is 0. The first-order valence-electron chi connectivity index (χ1n) is 7.62. The fourth-order valence-electron chi connectivity index (χ4n) is 3.05. The summed E-state index contributed by atoms with van der Waals surface area (Å²) in [5, 5.41) is 13.0. The third-order valence-corrected chi connectivity index (χ3v) is 4.61. The van der Waals surface area contributed by atoms with Crippen LogP contribution in [0.3, 0.4) is 0 Å². The van der Waals surface area contributed by atoms with Gasteiger partial charge in [0.25, 0.3) is 0 Å². The number of nitrogens with one attached hydrogen (secondary N) is 1. The number of hydrogen-bond acceptors (Lipinski definition) is 3. The Kier molecular flexibility index (Phi) is 4.64. The van der Waals surface area contributed by atoms with Crippen LogP contribution in [0.1, 0.15) is 58.8 Å². The highest BCUT2D eigenvalue weighted by Crippen LogP contribution is 2.27. The second-order valence-corrected chi connectivity index (χ2v) is 6.10. The molecule has 0 aromatic carbocycles. The van der Waals surface area contributed by atoms with Crippen molar-refractivity contribution >= 4 is 0 Å². The van der Waals surface area contributed by atoms with Crippen molar-refractivity contribution in [3.05, 3.63) is 0 Å². The van der Waals surface area contributed by atoms with E-state index < -0.39 is 0 Å². The topological polar surface area (TPSA) is 39.1 Å². The van der Waals surface area contributed by atoms with Crippen LogP contribution in [0.5, 0.6) is 0 Å². The Balaban J connectivity index is 1.76. The van der Waals surface area contributed by atoms with E-state index in [2.05, 4.69) is 30.1 Å². The second kappa shape index (κ2) is 6.04. The van der Waals surface area contributed by atoms with Gasteiger partial charge in [0, 0.05) is 12.1 Å². The molecule has 0 aromatic heterocycles. The maximum atomic E-state index is 9.47. The molecule has 0 amide bonds. The number of likely N-dealkylation sites (tertiary alicyclic amines) is 1. The molecule has 2 fully saturated rings. The summed E-state index contributed by atoms with van der Waals surface area (Å²) in [6, 6.07) is 3.91. The van der Waals surface area contributed by atoms with Crippen molar-refractivity contribution in [1.29, 1.82) is 5.26 Å². The SMILES string of the molecule is CCC(C#N)(CCCN1CCCC1C)NC1CC1. The molecule has 1 heterocycles. The largest absolute Gasteiger partial charge is 0.301 e. The quantitative estimate of drug-likeness (QED) is 0.754. The standard InChI is InChI=1S/C15H27N3/c1-3-15(12-16,17-14-7-8-14)9-5-11-18-10-4-6-13(18)2/h13-14,17H,3-11H2,1-2H3. The van der Waals surface area contributed by atoms with Gasteiger partial charge in [-0.25, -0.2) is 0 Å². The maximum absolute atomic E-state index is 9.47. The number of nitriles is 1. The van der Waals surface area contributed by atoms with E-state index in [9.17, 15) is 5.26 Å². The van der Waals surface area contributed by atoms with Crippen molar-refractivity contribution in [1.82, 2.24) is 10.2 Å². The highest BCUT2D eigenvalue weighted by molar-refractivity contribution is 5.09. The molecule has 18 heavy (non-hydrogen) atoms. The molecule has 2 unspecified atom stereocenters. The molecule has 2 rings (SSSR count). The van der Waals surface area contributed by atoms with Gasteiger partial charge < -0.3 is 4.90 Å². The van der Waals surface area contributed by atoms with Crippen molar-refractivity contribution in [3.63, 3.8) is 0 Å². The minimum Gasteiger partial charge on any atom is -0.301 e. The lowest BCUT2D eigenvalue weighted by Gasteiger charge is -2.28. The van der Waals surface area contributed by atoms with Gasteiger partial charge in [-0.2, -0.15) is 5.26 Å². The Bertz CT molecular complexity index is 305. The molecular weight excluding hydrogens is 222 g/mol. The molecule has 0 bridgehead atoms. The van der Waals surface area contributed by atoms with Gasteiger partial charge in [-0.15, -0.1) is 0 Å². The molecule has 1 N–H and O–H groups in total. The van der Waals surface area contributed by atoms with Crippen LogP contribution in [-0.4, -0.2) is 35.6 Å². The van der Waals surface area contributed by atoms with E-state index in [0.717, 1.165) is 31.8 Å². The van der Waals surface area contributed by atoms with E-state index in [0.29, 0.717) is 6.04 Å². The van der Waals surface area contributed by atoms with Crippen LogP contribution in [0, 0.1) is 11.3 Å². The van der Waals surface area contributed by atoms with Gasteiger partial charge in [-0.3, -0.25) is 5.32 Å². The van der Waals surface area contributed by atoms with Gasteiger partial charge in [-0.05, 0) is 65.0 Å². The summed E-state index contributed by atoms with van der Waals surface area (Å²) in [4.78, 5) is 2.58. The third-order valence-electron chi connectivity index (χ3n) is 4.61. The summed E-state index contributed by atoms with van der Waals surface area (Å²) in [5.41, 5.74) is -0.260. The van der Waals surface area contributed by atoms with Gasteiger partial charge in [0.15, 0.2) is 0 Å². The van der Waals surface area contributed by atoms with Crippen LogP contribution < -0.4 is 5.32 Å². The molecule has 1 aliphatic heterocycles. The van der Waals surface area contributed by atoms with E-state index >= 15 is 0 Å². The third kappa shape index (κ3) is 3.46. The van der Waals surface area contributed by atoms with Crippen LogP contribution in [0.4, 0.5) is 0 Å². The molecule has 1 saturated heterocycles. The lowest BCUT2D eigenvalue weighted by molar-refractivity contribution is 0.247. The van der Waals surface area contributed by atoms with Crippen molar-refractivity contribution in [2.75, 3.05) is 13.1 Å². The first-order chi connectivity index (χ1) is 8.69. The molecule has 3 heteroatoms. The molecule has 102 valence electrons. The minimum atomic E-state index is -0.260. The Hall–Kier alpha value is -0.590. The number of rotatable bonds is 7. The van der Waals surface area contributed by atoms with Crippen LogP contribution in [0.25, 0.3) is 0 Å². The van der Waals surface area contributed by atoms with E-state index in [1.165, 1.54) is 32.2 Å². The molecule has 0 aromatic rings. The predicted octanol–water partition coefficient (Wildman–Crippen LogP) is 2.68. The van der Waals surface area contributed by atoms with Crippen molar-refractivity contribution < 1.29 is 0 Å². The summed E-state index contributed by atoms with van der Waals surface area (Å²) in [5.74, 6) is 0. The Morgan fingerprint density at radius 2 is 2.17 bits per heavy atom. The average molecular weight is 249 g/mol. The molecule has 3 nitrogen and oxygen atoms in total. The first kappa shape index (κ1) is 13.8. The zero-order chi connectivity index (χ0) is 13.0. The summed E-state index contributed by atoms with van der Waals surface area (Å²) < 4.78 is 0. The van der Waals surface area contributed by atoms with Gasteiger partial charge in [0.1, 0.15) is 5.54 Å². The van der Waals surface area contributed by atoms with Gasteiger partial charge >= 0.3 is 0 Å². The Morgan fingerprint density at radius 1 is 1.39 bits per heavy atom. The fraction of sp³-hybridized carbons (Fsp3) is 0.933. The van der Waals surface area contributed by atoms with Crippen LogP contribution in [0.2, 0.25) is 0 Å². The molecule has 1 saturated carbocycles. The minimum absolute atomic E-state index is 0.260. The zero-order valence-corrected chi connectivity index (χ0v) is 11.9.